The van der Waals surface area contributed by atoms with Gasteiger partial charge in [0.05, 0.1) is 17.9 Å². The second-order valence-corrected chi connectivity index (χ2v) is 6.74. The van der Waals surface area contributed by atoms with Gasteiger partial charge in [0.2, 0.25) is 0 Å². The van der Waals surface area contributed by atoms with Crippen LogP contribution in [0.5, 0.6) is 0 Å². The molecular weight excluding hydrogens is 338 g/mol. The maximum Gasteiger partial charge on any atom is 0.251 e. The summed E-state index contributed by atoms with van der Waals surface area (Å²) in [5.41, 5.74) is 4.41. The first-order valence-corrected chi connectivity index (χ1v) is 8.94. The zero-order valence-corrected chi connectivity index (χ0v) is 15.6. The molecule has 2 heterocycles. The average Bonchev–Trinajstić information content (AvgIpc) is 3.23. The van der Waals surface area contributed by atoms with Crippen LogP contribution in [0, 0.1) is 13.8 Å². The minimum absolute atomic E-state index is 0.116. The molecule has 0 unspecified atom stereocenters. The van der Waals surface area contributed by atoms with E-state index in [0.717, 1.165) is 33.7 Å². The van der Waals surface area contributed by atoms with Crippen molar-refractivity contribution in [3.63, 3.8) is 0 Å². The van der Waals surface area contributed by atoms with Gasteiger partial charge in [-0.25, -0.2) is 4.68 Å². The third kappa shape index (κ3) is 3.24. The molecule has 0 aliphatic carbocycles. The predicted octanol–water partition coefficient (Wildman–Crippen LogP) is 4.73. The van der Waals surface area contributed by atoms with Gasteiger partial charge in [-0.15, -0.1) is 0 Å². The molecule has 0 aliphatic heterocycles. The number of hydrogen-bond donors (Lipinski definition) is 1. The lowest BCUT2D eigenvalue weighted by Crippen LogP contribution is -2.26. The van der Waals surface area contributed by atoms with Crippen LogP contribution in [-0.4, -0.2) is 15.7 Å². The second kappa shape index (κ2) is 6.76. The molecule has 2 aromatic carbocycles. The summed E-state index contributed by atoms with van der Waals surface area (Å²) in [6, 6.07) is 17.2. The minimum Gasteiger partial charge on any atom is -0.461 e. The lowest BCUT2D eigenvalue weighted by molar-refractivity contribution is 0.0940. The van der Waals surface area contributed by atoms with Crippen LogP contribution >= 0.6 is 0 Å². The highest BCUT2D eigenvalue weighted by Crippen LogP contribution is 2.22. The Bertz CT molecular complexity index is 1110. The molecule has 0 fully saturated rings. The molecule has 136 valence electrons. The Kier molecular flexibility index (Phi) is 4.28. The van der Waals surface area contributed by atoms with Crippen molar-refractivity contribution in [1.82, 2.24) is 15.1 Å². The Morgan fingerprint density at radius 3 is 2.67 bits per heavy atom. The van der Waals surface area contributed by atoms with Crippen molar-refractivity contribution in [2.45, 2.75) is 26.8 Å². The molecule has 0 aliphatic rings. The van der Waals surface area contributed by atoms with Gasteiger partial charge >= 0.3 is 0 Å². The number of para-hydroxylation sites is 1. The predicted molar refractivity (Wildman–Crippen MR) is 105 cm³/mol. The van der Waals surface area contributed by atoms with E-state index in [1.54, 1.807) is 6.07 Å². The van der Waals surface area contributed by atoms with Gasteiger partial charge in [-0.05, 0) is 57.2 Å². The Morgan fingerprint density at radius 1 is 1.11 bits per heavy atom. The van der Waals surface area contributed by atoms with E-state index in [9.17, 15) is 4.79 Å². The van der Waals surface area contributed by atoms with Crippen LogP contribution in [0.25, 0.3) is 16.7 Å². The fourth-order valence-corrected chi connectivity index (χ4v) is 3.35. The van der Waals surface area contributed by atoms with Crippen LogP contribution in [0.4, 0.5) is 0 Å². The summed E-state index contributed by atoms with van der Waals surface area (Å²) < 4.78 is 7.46. The largest absolute Gasteiger partial charge is 0.461 e. The van der Waals surface area contributed by atoms with Crippen molar-refractivity contribution < 1.29 is 9.21 Å². The number of aryl methyl sites for hydroxylation is 1. The fourth-order valence-electron chi connectivity index (χ4n) is 3.35. The molecule has 5 heteroatoms. The van der Waals surface area contributed by atoms with E-state index in [4.69, 9.17) is 4.42 Å². The van der Waals surface area contributed by atoms with Gasteiger partial charge < -0.3 is 9.73 Å². The number of rotatable bonds is 4. The Balaban J connectivity index is 1.55. The fraction of sp³-hybridized carbons (Fsp3) is 0.182. The Hall–Kier alpha value is -3.34. The molecule has 0 spiro atoms. The molecule has 4 rings (SSSR count). The molecule has 1 N–H and O–H groups in total. The van der Waals surface area contributed by atoms with Crippen LogP contribution in [-0.2, 0) is 0 Å². The van der Waals surface area contributed by atoms with Crippen molar-refractivity contribution in [3.05, 3.63) is 83.4 Å². The molecule has 4 aromatic rings. The van der Waals surface area contributed by atoms with Crippen LogP contribution in [0.3, 0.4) is 0 Å². The standard InChI is InChI=1S/C22H21N3O2/c1-14-11-18-12-17(9-10-21(18)27-14)22(26)24-15(2)20-13-23-25(16(20)3)19-7-5-4-6-8-19/h4-13,15H,1-3H3,(H,24,26)/t15-/m0/s1. The SMILES string of the molecule is Cc1cc2cc(C(=O)N[C@@H](C)c3cnn(-c4ccccc4)c3C)ccc2o1. The number of furan rings is 1. The smallest absolute Gasteiger partial charge is 0.251 e. The monoisotopic (exact) mass is 359 g/mol. The van der Waals surface area contributed by atoms with Crippen LogP contribution in [0.1, 0.15) is 40.3 Å². The van der Waals surface area contributed by atoms with E-state index in [1.165, 1.54) is 0 Å². The lowest BCUT2D eigenvalue weighted by Gasteiger charge is -2.14. The number of benzene rings is 2. The van der Waals surface area contributed by atoms with Gasteiger partial charge in [-0.3, -0.25) is 4.79 Å². The minimum atomic E-state index is -0.156. The van der Waals surface area contributed by atoms with E-state index in [0.29, 0.717) is 5.56 Å². The van der Waals surface area contributed by atoms with Gasteiger partial charge in [0.25, 0.3) is 5.91 Å². The van der Waals surface area contributed by atoms with Gasteiger partial charge in [-0.2, -0.15) is 5.10 Å². The summed E-state index contributed by atoms with van der Waals surface area (Å²) in [6.07, 6.45) is 1.82. The zero-order chi connectivity index (χ0) is 19.0. The molecular formula is C22H21N3O2. The van der Waals surface area contributed by atoms with E-state index < -0.39 is 0 Å². The van der Waals surface area contributed by atoms with E-state index in [-0.39, 0.29) is 11.9 Å². The number of carbonyl (C=O) groups excluding carboxylic acids is 1. The number of amides is 1. The lowest BCUT2D eigenvalue weighted by atomic mass is 10.1. The first kappa shape index (κ1) is 17.1. The Morgan fingerprint density at radius 2 is 1.89 bits per heavy atom. The van der Waals surface area contributed by atoms with E-state index in [2.05, 4.69) is 10.4 Å². The highest BCUT2D eigenvalue weighted by molar-refractivity contribution is 5.98. The van der Waals surface area contributed by atoms with Gasteiger partial charge in [0, 0.05) is 22.2 Å². The van der Waals surface area contributed by atoms with Gasteiger partial charge in [0.15, 0.2) is 0 Å². The first-order valence-electron chi connectivity index (χ1n) is 8.94. The van der Waals surface area contributed by atoms with Crippen LogP contribution in [0.15, 0.2) is 65.2 Å². The topological polar surface area (TPSA) is 60.1 Å². The summed E-state index contributed by atoms with van der Waals surface area (Å²) >= 11 is 0. The van der Waals surface area contributed by atoms with Gasteiger partial charge in [0.1, 0.15) is 11.3 Å². The van der Waals surface area contributed by atoms with Crippen molar-refractivity contribution in [1.29, 1.82) is 0 Å². The average molecular weight is 359 g/mol. The zero-order valence-electron chi connectivity index (χ0n) is 15.6. The summed E-state index contributed by atoms with van der Waals surface area (Å²) in [6.45, 7) is 5.88. The number of aromatic nitrogens is 2. The number of hydrogen-bond acceptors (Lipinski definition) is 3. The van der Waals surface area contributed by atoms with E-state index >= 15 is 0 Å². The number of nitrogens with zero attached hydrogens (tertiary/aromatic N) is 2. The quantitative estimate of drug-likeness (QED) is 0.573. The first-order chi connectivity index (χ1) is 13.0. The maximum atomic E-state index is 12.7. The van der Waals surface area contributed by atoms with Gasteiger partial charge in [-0.1, -0.05) is 18.2 Å². The van der Waals surface area contributed by atoms with Crippen molar-refractivity contribution >= 4 is 16.9 Å². The summed E-state index contributed by atoms with van der Waals surface area (Å²) in [7, 11) is 0. The molecule has 1 amide bonds. The second-order valence-electron chi connectivity index (χ2n) is 6.74. The number of fused-ring (bicyclic) bond motifs is 1. The van der Waals surface area contributed by atoms with E-state index in [1.807, 2.05) is 80.2 Å². The number of carbonyl (C=O) groups is 1. The van der Waals surface area contributed by atoms with Crippen LogP contribution < -0.4 is 5.32 Å². The third-order valence-electron chi connectivity index (χ3n) is 4.76. The summed E-state index contributed by atoms with van der Waals surface area (Å²) in [4.78, 5) is 12.7. The molecule has 0 radical (unpaired) electrons. The molecule has 0 saturated heterocycles. The maximum absolute atomic E-state index is 12.7. The highest BCUT2D eigenvalue weighted by Gasteiger charge is 2.17. The molecule has 2 aromatic heterocycles. The molecule has 0 bridgehead atoms. The third-order valence-corrected chi connectivity index (χ3v) is 4.76. The molecule has 5 nitrogen and oxygen atoms in total. The molecule has 0 saturated carbocycles. The highest BCUT2D eigenvalue weighted by atomic mass is 16.3. The van der Waals surface area contributed by atoms with Crippen molar-refractivity contribution in [3.8, 4) is 5.69 Å². The van der Waals surface area contributed by atoms with Crippen molar-refractivity contribution in [2.24, 2.45) is 0 Å². The normalized spacial score (nSPS) is 12.3. The summed E-state index contributed by atoms with van der Waals surface area (Å²) in [5, 5.41) is 8.48. The summed E-state index contributed by atoms with van der Waals surface area (Å²) in [5.74, 6) is 0.718. The molecule has 27 heavy (non-hydrogen) atoms. The molecule has 1 atom stereocenters. The number of nitrogens with one attached hydrogen (secondary N) is 1. The Labute approximate surface area is 157 Å². The van der Waals surface area contributed by atoms with Crippen molar-refractivity contribution in [2.75, 3.05) is 0 Å². The van der Waals surface area contributed by atoms with Crippen LogP contribution in [0.2, 0.25) is 0 Å².